The van der Waals surface area contributed by atoms with Crippen LogP contribution in [0.5, 0.6) is 0 Å². The van der Waals surface area contributed by atoms with Gasteiger partial charge in [0.15, 0.2) is 0 Å². The highest BCUT2D eigenvalue weighted by molar-refractivity contribution is 9.10. The van der Waals surface area contributed by atoms with Crippen molar-refractivity contribution in [3.05, 3.63) is 34.3 Å². The van der Waals surface area contributed by atoms with Gasteiger partial charge in [0.2, 0.25) is 0 Å². The first-order valence-electron chi connectivity index (χ1n) is 6.43. The summed E-state index contributed by atoms with van der Waals surface area (Å²) in [4.78, 5) is 2.36. The molecule has 0 spiro atoms. The minimum Gasteiger partial charge on any atom is -0.377 e. The van der Waals surface area contributed by atoms with Crippen molar-refractivity contribution in [2.24, 2.45) is 5.73 Å². The van der Waals surface area contributed by atoms with Crippen LogP contribution >= 0.6 is 15.9 Å². The molecule has 1 aromatic rings. The SMILES string of the molecule is CC1OCCC1N(C)C(CN)c1ccccc1Br. The lowest BCUT2D eigenvalue weighted by molar-refractivity contribution is 0.0685. The van der Waals surface area contributed by atoms with E-state index in [1.54, 1.807) is 0 Å². The number of halogens is 1. The minimum absolute atomic E-state index is 0.231. The third-order valence-electron chi connectivity index (χ3n) is 3.84. The molecule has 0 radical (unpaired) electrons. The number of nitrogens with zero attached hydrogens (tertiary/aromatic N) is 1. The number of rotatable bonds is 4. The molecule has 1 saturated heterocycles. The largest absolute Gasteiger partial charge is 0.377 e. The van der Waals surface area contributed by atoms with Gasteiger partial charge in [0.05, 0.1) is 6.10 Å². The van der Waals surface area contributed by atoms with Gasteiger partial charge in [0, 0.05) is 29.7 Å². The zero-order chi connectivity index (χ0) is 13.1. The Bertz CT molecular complexity index is 399. The van der Waals surface area contributed by atoms with Crippen molar-refractivity contribution in [2.75, 3.05) is 20.2 Å². The van der Waals surface area contributed by atoms with Crippen molar-refractivity contribution in [1.29, 1.82) is 0 Å². The third kappa shape index (κ3) is 2.77. The van der Waals surface area contributed by atoms with Crippen LogP contribution in [-0.2, 0) is 4.74 Å². The number of hydrogen-bond acceptors (Lipinski definition) is 3. The Hall–Kier alpha value is -0.420. The first-order chi connectivity index (χ1) is 8.65. The molecule has 18 heavy (non-hydrogen) atoms. The molecular weight excluding hydrogens is 292 g/mol. The first kappa shape index (κ1) is 14.0. The van der Waals surface area contributed by atoms with Crippen molar-refractivity contribution in [1.82, 2.24) is 4.90 Å². The summed E-state index contributed by atoms with van der Waals surface area (Å²) in [7, 11) is 2.15. The van der Waals surface area contributed by atoms with Gasteiger partial charge in [0.1, 0.15) is 0 Å². The molecule has 0 aliphatic carbocycles. The van der Waals surface area contributed by atoms with E-state index >= 15 is 0 Å². The van der Waals surface area contributed by atoms with Crippen molar-refractivity contribution < 1.29 is 4.74 Å². The van der Waals surface area contributed by atoms with Gasteiger partial charge < -0.3 is 10.5 Å². The van der Waals surface area contributed by atoms with E-state index in [-0.39, 0.29) is 12.1 Å². The maximum Gasteiger partial charge on any atom is 0.0703 e. The van der Waals surface area contributed by atoms with E-state index in [1.807, 2.05) is 6.07 Å². The molecular formula is C14H21BrN2O. The molecule has 1 aromatic carbocycles. The van der Waals surface area contributed by atoms with Crippen LogP contribution in [0, 0.1) is 0 Å². The fourth-order valence-corrected chi connectivity index (χ4v) is 3.29. The molecule has 0 saturated carbocycles. The molecule has 0 aromatic heterocycles. The summed E-state index contributed by atoms with van der Waals surface area (Å²) in [5.41, 5.74) is 7.24. The standard InChI is InChI=1S/C14H21BrN2O/c1-10-13(7-8-18-10)17(2)14(9-16)11-5-3-4-6-12(11)15/h3-6,10,13-14H,7-9,16H2,1-2H3. The Kier molecular flexibility index (Phi) is 4.78. The first-order valence-corrected chi connectivity index (χ1v) is 7.22. The molecule has 3 unspecified atom stereocenters. The van der Waals surface area contributed by atoms with E-state index in [0.29, 0.717) is 12.6 Å². The summed E-state index contributed by atoms with van der Waals surface area (Å²) in [6, 6.07) is 8.98. The van der Waals surface area contributed by atoms with Crippen LogP contribution in [-0.4, -0.2) is 37.2 Å². The zero-order valence-corrected chi connectivity index (χ0v) is 12.6. The van der Waals surface area contributed by atoms with E-state index in [1.165, 1.54) is 5.56 Å². The smallest absolute Gasteiger partial charge is 0.0703 e. The second-order valence-electron chi connectivity index (χ2n) is 4.87. The second-order valence-corrected chi connectivity index (χ2v) is 5.72. The van der Waals surface area contributed by atoms with Crippen molar-refractivity contribution in [3.8, 4) is 0 Å². The van der Waals surface area contributed by atoms with Crippen LogP contribution in [0.15, 0.2) is 28.7 Å². The van der Waals surface area contributed by atoms with E-state index in [0.717, 1.165) is 17.5 Å². The highest BCUT2D eigenvalue weighted by Gasteiger charge is 2.32. The molecule has 0 bridgehead atoms. The lowest BCUT2D eigenvalue weighted by Gasteiger charge is -2.34. The van der Waals surface area contributed by atoms with Crippen LogP contribution in [0.4, 0.5) is 0 Å². The number of likely N-dealkylation sites (N-methyl/N-ethyl adjacent to an activating group) is 1. The third-order valence-corrected chi connectivity index (χ3v) is 4.56. The molecule has 1 fully saturated rings. The molecule has 0 amide bonds. The molecule has 2 N–H and O–H groups in total. The molecule has 3 nitrogen and oxygen atoms in total. The monoisotopic (exact) mass is 312 g/mol. The summed E-state index contributed by atoms with van der Waals surface area (Å²) in [5.74, 6) is 0. The number of hydrogen-bond donors (Lipinski definition) is 1. The average molecular weight is 313 g/mol. The number of nitrogens with two attached hydrogens (primary N) is 1. The molecule has 1 aliphatic heterocycles. The van der Waals surface area contributed by atoms with Crippen LogP contribution in [0.2, 0.25) is 0 Å². The van der Waals surface area contributed by atoms with Crippen LogP contribution in [0.25, 0.3) is 0 Å². The quantitative estimate of drug-likeness (QED) is 0.928. The molecule has 100 valence electrons. The van der Waals surface area contributed by atoms with Crippen molar-refractivity contribution in [2.45, 2.75) is 31.5 Å². The van der Waals surface area contributed by atoms with Gasteiger partial charge in [-0.2, -0.15) is 0 Å². The Morgan fingerprint density at radius 1 is 1.50 bits per heavy atom. The highest BCUT2D eigenvalue weighted by atomic mass is 79.9. The number of ether oxygens (including phenoxy) is 1. The summed E-state index contributed by atoms with van der Waals surface area (Å²) in [6.07, 6.45) is 1.37. The zero-order valence-electron chi connectivity index (χ0n) is 11.0. The van der Waals surface area contributed by atoms with Crippen LogP contribution in [0.1, 0.15) is 24.9 Å². The van der Waals surface area contributed by atoms with Crippen molar-refractivity contribution in [3.63, 3.8) is 0 Å². The van der Waals surface area contributed by atoms with Gasteiger partial charge in [-0.15, -0.1) is 0 Å². The maximum atomic E-state index is 5.98. The van der Waals surface area contributed by atoms with Gasteiger partial charge in [-0.1, -0.05) is 34.1 Å². The lowest BCUT2D eigenvalue weighted by Crippen LogP contribution is -2.42. The summed E-state index contributed by atoms with van der Waals surface area (Å²) in [6.45, 7) is 3.60. The van der Waals surface area contributed by atoms with Crippen LogP contribution in [0.3, 0.4) is 0 Å². The fourth-order valence-electron chi connectivity index (χ4n) is 2.74. The van der Waals surface area contributed by atoms with Crippen molar-refractivity contribution >= 4 is 15.9 Å². The minimum atomic E-state index is 0.231. The molecule has 1 heterocycles. The van der Waals surface area contributed by atoms with Gasteiger partial charge in [-0.3, -0.25) is 4.90 Å². The topological polar surface area (TPSA) is 38.5 Å². The summed E-state index contributed by atoms with van der Waals surface area (Å²) in [5, 5.41) is 0. The van der Waals surface area contributed by atoms with Gasteiger partial charge in [0.25, 0.3) is 0 Å². The summed E-state index contributed by atoms with van der Waals surface area (Å²) >= 11 is 3.62. The Morgan fingerprint density at radius 2 is 2.22 bits per heavy atom. The van der Waals surface area contributed by atoms with Crippen LogP contribution < -0.4 is 5.73 Å². The predicted octanol–water partition coefficient (Wildman–Crippen LogP) is 2.56. The molecule has 1 aliphatic rings. The molecule has 2 rings (SSSR count). The lowest BCUT2D eigenvalue weighted by atomic mass is 10.0. The highest BCUT2D eigenvalue weighted by Crippen LogP contribution is 2.30. The molecule has 4 heteroatoms. The summed E-state index contributed by atoms with van der Waals surface area (Å²) < 4.78 is 6.78. The van der Waals surface area contributed by atoms with E-state index in [9.17, 15) is 0 Å². The molecule has 3 atom stereocenters. The predicted molar refractivity (Wildman–Crippen MR) is 77.5 cm³/mol. The maximum absolute atomic E-state index is 5.98. The van der Waals surface area contributed by atoms with Gasteiger partial charge >= 0.3 is 0 Å². The van der Waals surface area contributed by atoms with E-state index < -0.39 is 0 Å². The fraction of sp³-hybridized carbons (Fsp3) is 0.571. The number of benzene rings is 1. The Labute approximate surface area is 117 Å². The Morgan fingerprint density at radius 3 is 2.78 bits per heavy atom. The average Bonchev–Trinajstić information content (AvgIpc) is 2.78. The van der Waals surface area contributed by atoms with Gasteiger partial charge in [-0.25, -0.2) is 0 Å². The van der Waals surface area contributed by atoms with E-state index in [2.05, 4.69) is 53.0 Å². The normalized spacial score (nSPS) is 25.6. The Balaban J connectivity index is 2.20. The van der Waals surface area contributed by atoms with Gasteiger partial charge in [-0.05, 0) is 32.0 Å². The second kappa shape index (κ2) is 6.15. The van der Waals surface area contributed by atoms with E-state index in [4.69, 9.17) is 10.5 Å².